The molecule has 0 aliphatic rings. The highest BCUT2D eigenvalue weighted by molar-refractivity contribution is 5.31. The Morgan fingerprint density at radius 1 is 1.00 bits per heavy atom. The summed E-state index contributed by atoms with van der Waals surface area (Å²) in [7, 11) is 0. The van der Waals surface area contributed by atoms with Crippen molar-refractivity contribution in [2.24, 2.45) is 0 Å². The number of nitrogens with zero attached hydrogens (tertiary/aromatic N) is 1. The van der Waals surface area contributed by atoms with Crippen LogP contribution in [0.25, 0.3) is 0 Å². The second-order valence-electron chi connectivity index (χ2n) is 4.61. The lowest BCUT2D eigenvalue weighted by atomic mass is 9.92. The number of hydrogen-bond donors (Lipinski definition) is 0. The van der Waals surface area contributed by atoms with Crippen LogP contribution in [0, 0.1) is 17.1 Å². The van der Waals surface area contributed by atoms with Crippen LogP contribution in [0.5, 0.6) is 0 Å². The first-order valence-corrected chi connectivity index (χ1v) is 6.46. The number of aryl methyl sites for hydroxylation is 1. The summed E-state index contributed by atoms with van der Waals surface area (Å²) < 4.78 is 12.8. The fraction of sp³-hybridized carbons (Fsp3) is 0.235. The Balaban J connectivity index is 2.15. The lowest BCUT2D eigenvalue weighted by molar-refractivity contribution is 0.626. The van der Waals surface area contributed by atoms with E-state index in [1.54, 1.807) is 12.1 Å². The molecule has 0 heterocycles. The normalized spacial score (nSPS) is 11.8. The van der Waals surface area contributed by atoms with Crippen LogP contribution in [0.3, 0.4) is 0 Å². The van der Waals surface area contributed by atoms with Crippen molar-refractivity contribution in [1.82, 2.24) is 0 Å². The maximum atomic E-state index is 12.8. The van der Waals surface area contributed by atoms with Crippen molar-refractivity contribution in [1.29, 1.82) is 5.26 Å². The van der Waals surface area contributed by atoms with Gasteiger partial charge in [0.15, 0.2) is 0 Å². The minimum absolute atomic E-state index is 0.184. The first-order valence-electron chi connectivity index (χ1n) is 6.46. The fourth-order valence-electron chi connectivity index (χ4n) is 2.08. The van der Waals surface area contributed by atoms with Gasteiger partial charge in [-0.2, -0.15) is 5.26 Å². The first kappa shape index (κ1) is 13.3. The first-order chi connectivity index (χ1) is 9.22. The summed E-state index contributed by atoms with van der Waals surface area (Å²) in [4.78, 5) is 0. The van der Waals surface area contributed by atoms with E-state index in [4.69, 9.17) is 0 Å². The quantitative estimate of drug-likeness (QED) is 0.799. The minimum atomic E-state index is -0.246. The summed E-state index contributed by atoms with van der Waals surface area (Å²) in [5.74, 6) is -0.430. The van der Waals surface area contributed by atoms with Crippen LogP contribution in [0.1, 0.15) is 29.5 Å². The molecule has 1 atom stereocenters. The van der Waals surface area contributed by atoms with Gasteiger partial charge in [0.25, 0.3) is 0 Å². The van der Waals surface area contributed by atoms with E-state index in [-0.39, 0.29) is 11.7 Å². The molecule has 0 radical (unpaired) electrons. The molecule has 0 spiro atoms. The van der Waals surface area contributed by atoms with Crippen LogP contribution in [-0.4, -0.2) is 0 Å². The van der Waals surface area contributed by atoms with E-state index in [1.165, 1.54) is 17.7 Å². The molecule has 1 nitrogen and oxygen atoms in total. The number of hydrogen-bond acceptors (Lipinski definition) is 1. The van der Waals surface area contributed by atoms with Crippen LogP contribution >= 0.6 is 0 Å². The Labute approximate surface area is 113 Å². The monoisotopic (exact) mass is 253 g/mol. The van der Waals surface area contributed by atoms with Crippen LogP contribution in [0.2, 0.25) is 0 Å². The van der Waals surface area contributed by atoms with Gasteiger partial charge in [-0.05, 0) is 41.7 Å². The summed E-state index contributed by atoms with van der Waals surface area (Å²) in [6, 6.07) is 16.8. The highest BCUT2D eigenvalue weighted by Gasteiger charge is 2.11. The lowest BCUT2D eigenvalue weighted by Gasteiger charge is -2.10. The van der Waals surface area contributed by atoms with Crippen molar-refractivity contribution >= 4 is 0 Å². The summed E-state index contributed by atoms with van der Waals surface area (Å²) in [5.41, 5.74) is 3.26. The summed E-state index contributed by atoms with van der Waals surface area (Å²) in [6.07, 6.45) is 1.61. The number of benzene rings is 2. The number of halogens is 1. The van der Waals surface area contributed by atoms with Gasteiger partial charge in [-0.15, -0.1) is 0 Å². The molecular weight excluding hydrogens is 237 g/mol. The number of rotatable bonds is 4. The molecular formula is C17H16FN. The molecule has 2 aromatic carbocycles. The molecule has 96 valence electrons. The second-order valence-corrected chi connectivity index (χ2v) is 4.61. The third kappa shape index (κ3) is 3.42. The highest BCUT2D eigenvalue weighted by atomic mass is 19.1. The zero-order valence-electron chi connectivity index (χ0n) is 10.9. The van der Waals surface area contributed by atoms with Crippen molar-refractivity contribution < 1.29 is 4.39 Å². The average molecular weight is 253 g/mol. The standard InChI is InChI=1S/C17H16FN/c1-2-13-3-7-15(8-4-13)16(12-19)11-14-5-9-17(18)10-6-14/h3-10,16H,2,11H2,1H3. The molecule has 2 aromatic rings. The van der Waals surface area contributed by atoms with Crippen molar-refractivity contribution in [2.45, 2.75) is 25.7 Å². The van der Waals surface area contributed by atoms with Gasteiger partial charge in [0.05, 0.1) is 12.0 Å². The maximum absolute atomic E-state index is 12.8. The highest BCUT2D eigenvalue weighted by Crippen LogP contribution is 2.21. The van der Waals surface area contributed by atoms with E-state index in [9.17, 15) is 9.65 Å². The molecule has 0 N–H and O–H groups in total. The Morgan fingerprint density at radius 3 is 2.11 bits per heavy atom. The molecule has 0 aliphatic heterocycles. The zero-order chi connectivity index (χ0) is 13.7. The van der Waals surface area contributed by atoms with E-state index in [0.717, 1.165) is 17.5 Å². The molecule has 0 fully saturated rings. The number of nitriles is 1. The molecule has 0 bridgehead atoms. The van der Waals surface area contributed by atoms with Crippen LogP contribution in [0.15, 0.2) is 48.5 Å². The van der Waals surface area contributed by atoms with Crippen LogP contribution < -0.4 is 0 Å². The molecule has 2 rings (SSSR count). The molecule has 0 saturated carbocycles. The van der Waals surface area contributed by atoms with Gasteiger partial charge >= 0.3 is 0 Å². The molecule has 0 saturated heterocycles. The lowest BCUT2D eigenvalue weighted by Crippen LogP contribution is -2.00. The summed E-state index contributed by atoms with van der Waals surface area (Å²) >= 11 is 0. The largest absolute Gasteiger partial charge is 0.207 e. The smallest absolute Gasteiger partial charge is 0.123 e. The predicted octanol–water partition coefficient (Wildman–Crippen LogP) is 4.24. The summed E-state index contributed by atoms with van der Waals surface area (Å²) in [5, 5.41) is 9.30. The minimum Gasteiger partial charge on any atom is -0.207 e. The third-order valence-electron chi connectivity index (χ3n) is 3.30. The Kier molecular flexibility index (Phi) is 4.30. The van der Waals surface area contributed by atoms with Crippen molar-refractivity contribution in [3.05, 3.63) is 71.0 Å². The van der Waals surface area contributed by atoms with Crippen LogP contribution in [0.4, 0.5) is 4.39 Å². The van der Waals surface area contributed by atoms with E-state index in [0.29, 0.717) is 6.42 Å². The van der Waals surface area contributed by atoms with E-state index in [1.807, 2.05) is 12.1 Å². The van der Waals surface area contributed by atoms with Gasteiger partial charge in [0.1, 0.15) is 5.82 Å². The topological polar surface area (TPSA) is 23.8 Å². The van der Waals surface area contributed by atoms with Gasteiger partial charge in [0.2, 0.25) is 0 Å². The van der Waals surface area contributed by atoms with Crippen molar-refractivity contribution in [2.75, 3.05) is 0 Å². The predicted molar refractivity (Wildman–Crippen MR) is 74.3 cm³/mol. The molecule has 0 aromatic heterocycles. The molecule has 0 aliphatic carbocycles. The van der Waals surface area contributed by atoms with E-state index < -0.39 is 0 Å². The van der Waals surface area contributed by atoms with Gasteiger partial charge in [-0.25, -0.2) is 4.39 Å². The third-order valence-corrected chi connectivity index (χ3v) is 3.30. The maximum Gasteiger partial charge on any atom is 0.123 e. The molecule has 2 heteroatoms. The SMILES string of the molecule is CCc1ccc(C(C#N)Cc2ccc(F)cc2)cc1. The van der Waals surface area contributed by atoms with Gasteiger partial charge < -0.3 is 0 Å². The Hall–Kier alpha value is -2.14. The molecule has 1 unspecified atom stereocenters. The van der Waals surface area contributed by atoms with Gasteiger partial charge in [-0.1, -0.05) is 43.3 Å². The zero-order valence-corrected chi connectivity index (χ0v) is 10.9. The second kappa shape index (κ2) is 6.15. The van der Waals surface area contributed by atoms with E-state index >= 15 is 0 Å². The van der Waals surface area contributed by atoms with E-state index in [2.05, 4.69) is 25.1 Å². The van der Waals surface area contributed by atoms with Crippen LogP contribution in [-0.2, 0) is 12.8 Å². The van der Waals surface area contributed by atoms with Crippen molar-refractivity contribution in [3.63, 3.8) is 0 Å². The van der Waals surface area contributed by atoms with Crippen molar-refractivity contribution in [3.8, 4) is 6.07 Å². The fourth-order valence-corrected chi connectivity index (χ4v) is 2.08. The van der Waals surface area contributed by atoms with Gasteiger partial charge in [0, 0.05) is 0 Å². The van der Waals surface area contributed by atoms with Gasteiger partial charge in [-0.3, -0.25) is 0 Å². The Bertz CT molecular complexity index is 564. The summed E-state index contributed by atoms with van der Waals surface area (Å²) in [6.45, 7) is 2.11. The average Bonchev–Trinajstić information content (AvgIpc) is 2.47. The molecule has 19 heavy (non-hydrogen) atoms. The Morgan fingerprint density at radius 2 is 1.58 bits per heavy atom. The molecule has 0 amide bonds.